The number of hydrogen-bond acceptors (Lipinski definition) is 4. The third-order valence-corrected chi connectivity index (χ3v) is 2.15. The second-order valence-electron chi connectivity index (χ2n) is 3.37. The molecule has 0 saturated heterocycles. The van der Waals surface area contributed by atoms with Crippen LogP contribution in [0.15, 0.2) is 17.3 Å². The molecule has 0 fully saturated rings. The van der Waals surface area contributed by atoms with E-state index in [4.69, 9.17) is 9.15 Å². The summed E-state index contributed by atoms with van der Waals surface area (Å²) >= 11 is 0. The smallest absolute Gasteiger partial charge is 0.297 e. The first-order valence-electron chi connectivity index (χ1n) is 5.04. The van der Waals surface area contributed by atoms with Gasteiger partial charge in [0.15, 0.2) is 0 Å². The van der Waals surface area contributed by atoms with Gasteiger partial charge in [-0.1, -0.05) is 6.58 Å². The molecule has 0 radical (unpaired) electrons. The SMILES string of the molecule is C=C(C)c1coc(N(CC)CCOC)n1. The van der Waals surface area contributed by atoms with Crippen molar-refractivity contribution in [3.05, 3.63) is 18.5 Å². The van der Waals surface area contributed by atoms with E-state index in [2.05, 4.69) is 18.5 Å². The Labute approximate surface area is 90.5 Å². The molecule has 0 atom stereocenters. The monoisotopic (exact) mass is 210 g/mol. The van der Waals surface area contributed by atoms with Gasteiger partial charge in [-0.25, -0.2) is 0 Å². The Hall–Kier alpha value is -1.29. The molecule has 0 aliphatic heterocycles. The minimum Gasteiger partial charge on any atom is -0.431 e. The lowest BCUT2D eigenvalue weighted by Crippen LogP contribution is -2.27. The van der Waals surface area contributed by atoms with Gasteiger partial charge in [0.25, 0.3) is 6.01 Å². The van der Waals surface area contributed by atoms with Crippen molar-refractivity contribution >= 4 is 11.6 Å². The van der Waals surface area contributed by atoms with Crippen LogP contribution in [0.1, 0.15) is 19.5 Å². The van der Waals surface area contributed by atoms with Gasteiger partial charge in [0.2, 0.25) is 0 Å². The molecule has 0 spiro atoms. The van der Waals surface area contributed by atoms with E-state index in [0.29, 0.717) is 12.6 Å². The predicted octanol–water partition coefficient (Wildman–Crippen LogP) is 2.18. The molecule has 84 valence electrons. The molecule has 1 aromatic heterocycles. The molecule has 1 rings (SSSR count). The van der Waals surface area contributed by atoms with Crippen molar-refractivity contribution in [3.63, 3.8) is 0 Å². The van der Waals surface area contributed by atoms with Gasteiger partial charge in [0, 0.05) is 20.2 Å². The summed E-state index contributed by atoms with van der Waals surface area (Å²) in [4.78, 5) is 6.36. The first-order chi connectivity index (χ1) is 7.19. The van der Waals surface area contributed by atoms with Crippen LogP contribution >= 0.6 is 0 Å². The Morgan fingerprint density at radius 3 is 2.87 bits per heavy atom. The molecule has 0 aliphatic rings. The number of nitrogens with zero attached hydrogens (tertiary/aromatic N) is 2. The van der Waals surface area contributed by atoms with E-state index in [1.165, 1.54) is 0 Å². The Morgan fingerprint density at radius 1 is 1.67 bits per heavy atom. The van der Waals surface area contributed by atoms with Gasteiger partial charge in [-0.3, -0.25) is 0 Å². The molecule has 0 aromatic carbocycles. The molecule has 0 bridgehead atoms. The zero-order valence-electron chi connectivity index (χ0n) is 9.62. The normalized spacial score (nSPS) is 10.3. The minimum absolute atomic E-state index is 0.632. The molecule has 0 aliphatic carbocycles. The van der Waals surface area contributed by atoms with E-state index in [0.717, 1.165) is 24.4 Å². The van der Waals surface area contributed by atoms with Gasteiger partial charge in [0.05, 0.1) is 6.61 Å². The van der Waals surface area contributed by atoms with Crippen molar-refractivity contribution < 1.29 is 9.15 Å². The van der Waals surface area contributed by atoms with Crippen molar-refractivity contribution in [2.75, 3.05) is 31.7 Å². The molecule has 1 heterocycles. The van der Waals surface area contributed by atoms with E-state index in [-0.39, 0.29) is 0 Å². The van der Waals surface area contributed by atoms with Crippen LogP contribution in [0.3, 0.4) is 0 Å². The Kier molecular flexibility index (Phi) is 4.37. The number of ether oxygens (including phenoxy) is 1. The van der Waals surface area contributed by atoms with Crippen LogP contribution in [-0.4, -0.2) is 31.8 Å². The van der Waals surface area contributed by atoms with Crippen LogP contribution in [0.25, 0.3) is 5.57 Å². The van der Waals surface area contributed by atoms with Crippen LogP contribution < -0.4 is 4.90 Å². The number of aromatic nitrogens is 1. The third kappa shape index (κ3) is 3.09. The number of methoxy groups -OCH3 is 1. The molecule has 15 heavy (non-hydrogen) atoms. The van der Waals surface area contributed by atoms with Gasteiger partial charge in [0.1, 0.15) is 12.0 Å². The Bertz CT molecular complexity index is 320. The Balaban J connectivity index is 2.69. The topological polar surface area (TPSA) is 38.5 Å². The second kappa shape index (κ2) is 5.56. The molecular formula is C11H18N2O2. The summed E-state index contributed by atoms with van der Waals surface area (Å²) < 4.78 is 10.4. The van der Waals surface area contributed by atoms with E-state index in [1.807, 2.05) is 11.8 Å². The summed E-state index contributed by atoms with van der Waals surface area (Å²) in [5, 5.41) is 0. The molecule has 0 N–H and O–H groups in total. The highest BCUT2D eigenvalue weighted by Crippen LogP contribution is 2.17. The second-order valence-corrected chi connectivity index (χ2v) is 3.37. The fourth-order valence-corrected chi connectivity index (χ4v) is 1.20. The van der Waals surface area contributed by atoms with Gasteiger partial charge in [-0.05, 0) is 19.4 Å². The van der Waals surface area contributed by atoms with Crippen LogP contribution in [0.4, 0.5) is 6.01 Å². The lowest BCUT2D eigenvalue weighted by atomic mass is 10.3. The highest BCUT2D eigenvalue weighted by Gasteiger charge is 2.11. The van der Waals surface area contributed by atoms with Crippen LogP contribution in [0, 0.1) is 0 Å². The standard InChI is InChI=1S/C11H18N2O2/c1-5-13(6-7-14-4)11-12-10(8-15-11)9(2)3/h8H,2,5-7H2,1,3-4H3. The summed E-state index contributed by atoms with van der Waals surface area (Å²) in [6, 6.07) is 0.632. The Morgan fingerprint density at radius 2 is 2.40 bits per heavy atom. The lowest BCUT2D eigenvalue weighted by molar-refractivity contribution is 0.204. The molecule has 1 aromatic rings. The summed E-state index contributed by atoms with van der Waals surface area (Å²) in [7, 11) is 1.68. The fraction of sp³-hybridized carbons (Fsp3) is 0.545. The van der Waals surface area contributed by atoms with Crippen molar-refractivity contribution in [1.29, 1.82) is 0 Å². The van der Waals surface area contributed by atoms with Gasteiger partial charge >= 0.3 is 0 Å². The van der Waals surface area contributed by atoms with Gasteiger partial charge in [-0.15, -0.1) is 0 Å². The highest BCUT2D eigenvalue weighted by atomic mass is 16.5. The van der Waals surface area contributed by atoms with Crippen molar-refractivity contribution in [3.8, 4) is 0 Å². The summed E-state index contributed by atoms with van der Waals surface area (Å²) in [5.74, 6) is 0. The van der Waals surface area contributed by atoms with Gasteiger partial charge in [-0.2, -0.15) is 4.98 Å². The maximum Gasteiger partial charge on any atom is 0.297 e. The van der Waals surface area contributed by atoms with Gasteiger partial charge < -0.3 is 14.1 Å². The zero-order chi connectivity index (χ0) is 11.3. The number of hydrogen-bond donors (Lipinski definition) is 0. The predicted molar refractivity (Wildman–Crippen MR) is 61.0 cm³/mol. The van der Waals surface area contributed by atoms with Crippen LogP contribution in [0.2, 0.25) is 0 Å². The molecule has 0 unspecified atom stereocenters. The minimum atomic E-state index is 0.632. The van der Waals surface area contributed by atoms with E-state index in [1.54, 1.807) is 13.4 Å². The largest absolute Gasteiger partial charge is 0.431 e. The van der Waals surface area contributed by atoms with Crippen molar-refractivity contribution in [2.45, 2.75) is 13.8 Å². The lowest BCUT2D eigenvalue weighted by Gasteiger charge is -2.17. The highest BCUT2D eigenvalue weighted by molar-refractivity contribution is 5.57. The van der Waals surface area contributed by atoms with Crippen molar-refractivity contribution in [2.24, 2.45) is 0 Å². The summed E-state index contributed by atoms with van der Waals surface area (Å²) in [5.41, 5.74) is 1.72. The zero-order valence-corrected chi connectivity index (χ0v) is 9.62. The van der Waals surface area contributed by atoms with E-state index < -0.39 is 0 Å². The maximum absolute atomic E-state index is 5.37. The van der Waals surface area contributed by atoms with Crippen molar-refractivity contribution in [1.82, 2.24) is 4.98 Å². The molecule has 0 amide bonds. The number of allylic oxidation sites excluding steroid dienone is 1. The van der Waals surface area contributed by atoms with E-state index >= 15 is 0 Å². The average Bonchev–Trinajstić information content (AvgIpc) is 2.68. The summed E-state index contributed by atoms with van der Waals surface area (Å²) in [6.45, 7) is 10.1. The fourth-order valence-electron chi connectivity index (χ4n) is 1.20. The summed E-state index contributed by atoms with van der Waals surface area (Å²) in [6.07, 6.45) is 1.63. The number of rotatable bonds is 6. The first kappa shape index (κ1) is 11.8. The molecular weight excluding hydrogens is 192 g/mol. The number of anilines is 1. The third-order valence-electron chi connectivity index (χ3n) is 2.15. The van der Waals surface area contributed by atoms with Crippen LogP contribution in [-0.2, 0) is 4.74 Å². The van der Waals surface area contributed by atoms with Crippen LogP contribution in [0.5, 0.6) is 0 Å². The molecule has 4 heteroatoms. The first-order valence-corrected chi connectivity index (χ1v) is 5.04. The average molecular weight is 210 g/mol. The molecule has 0 saturated carbocycles. The quantitative estimate of drug-likeness (QED) is 0.721. The molecule has 4 nitrogen and oxygen atoms in total. The van der Waals surface area contributed by atoms with E-state index in [9.17, 15) is 0 Å². The maximum atomic E-state index is 5.37. The number of likely N-dealkylation sites (N-methyl/N-ethyl adjacent to an activating group) is 1. The number of oxazole rings is 1.